The third-order valence-corrected chi connectivity index (χ3v) is 6.59. The SMILES string of the molecule is CCCC(=O)N1CCCN(Cc2ccccc2)CCN(C(=O)c2cncnc2)Cc2ccc(Cl)cc21. The molecule has 0 fully saturated rings. The van der Waals surface area contributed by atoms with Gasteiger partial charge in [-0.15, -0.1) is 0 Å². The Morgan fingerprint density at radius 2 is 1.75 bits per heavy atom. The van der Waals surface area contributed by atoms with Crippen LogP contribution in [0.2, 0.25) is 5.02 Å². The van der Waals surface area contributed by atoms with E-state index >= 15 is 0 Å². The molecule has 0 radical (unpaired) electrons. The van der Waals surface area contributed by atoms with Crippen molar-refractivity contribution in [2.24, 2.45) is 0 Å². The van der Waals surface area contributed by atoms with Crippen LogP contribution in [0, 0.1) is 0 Å². The summed E-state index contributed by atoms with van der Waals surface area (Å²) in [6, 6.07) is 15.9. The smallest absolute Gasteiger partial charge is 0.257 e. The maximum atomic E-state index is 13.5. The second kappa shape index (κ2) is 12.6. The van der Waals surface area contributed by atoms with Gasteiger partial charge in [-0.3, -0.25) is 14.5 Å². The Morgan fingerprint density at radius 1 is 0.972 bits per heavy atom. The Balaban J connectivity index is 1.69. The average molecular weight is 506 g/mol. The molecule has 0 atom stereocenters. The van der Waals surface area contributed by atoms with Gasteiger partial charge in [-0.25, -0.2) is 9.97 Å². The lowest BCUT2D eigenvalue weighted by Gasteiger charge is -2.28. The summed E-state index contributed by atoms with van der Waals surface area (Å²) in [6.07, 6.45) is 6.55. The third-order valence-electron chi connectivity index (χ3n) is 6.35. The van der Waals surface area contributed by atoms with E-state index in [1.54, 1.807) is 12.4 Å². The minimum absolute atomic E-state index is 0.0733. The van der Waals surface area contributed by atoms with E-state index in [0.29, 0.717) is 43.2 Å². The largest absolute Gasteiger partial charge is 0.333 e. The monoisotopic (exact) mass is 505 g/mol. The Labute approximate surface area is 217 Å². The van der Waals surface area contributed by atoms with Crippen molar-refractivity contribution in [3.63, 3.8) is 0 Å². The molecule has 3 aromatic rings. The molecule has 4 rings (SSSR count). The van der Waals surface area contributed by atoms with Crippen molar-refractivity contribution in [1.29, 1.82) is 0 Å². The fraction of sp³-hybridized carbons (Fsp3) is 0.357. The van der Waals surface area contributed by atoms with Crippen LogP contribution in [0.5, 0.6) is 0 Å². The molecule has 0 saturated carbocycles. The van der Waals surface area contributed by atoms with Crippen molar-refractivity contribution in [1.82, 2.24) is 19.8 Å². The lowest BCUT2D eigenvalue weighted by atomic mass is 10.1. The van der Waals surface area contributed by atoms with Crippen molar-refractivity contribution in [2.75, 3.05) is 31.1 Å². The Bertz CT molecular complexity index is 1160. The molecule has 0 bridgehead atoms. The maximum absolute atomic E-state index is 13.5. The summed E-state index contributed by atoms with van der Waals surface area (Å²) in [6.45, 7) is 5.78. The molecule has 0 unspecified atom stereocenters. The summed E-state index contributed by atoms with van der Waals surface area (Å²) in [5.41, 5.74) is 3.33. The van der Waals surface area contributed by atoms with Gasteiger partial charge < -0.3 is 9.80 Å². The van der Waals surface area contributed by atoms with Gasteiger partial charge in [0.1, 0.15) is 6.33 Å². The predicted octanol–water partition coefficient (Wildman–Crippen LogP) is 4.81. The van der Waals surface area contributed by atoms with Gasteiger partial charge in [0.25, 0.3) is 5.91 Å². The molecule has 7 nitrogen and oxygen atoms in total. The van der Waals surface area contributed by atoms with Crippen LogP contribution in [-0.4, -0.2) is 57.8 Å². The van der Waals surface area contributed by atoms with Crippen LogP contribution in [-0.2, 0) is 17.9 Å². The van der Waals surface area contributed by atoms with E-state index < -0.39 is 0 Å². The van der Waals surface area contributed by atoms with E-state index in [0.717, 1.165) is 37.2 Å². The Hall–Kier alpha value is -3.29. The van der Waals surface area contributed by atoms with Crippen molar-refractivity contribution < 1.29 is 9.59 Å². The third kappa shape index (κ3) is 6.68. The van der Waals surface area contributed by atoms with Gasteiger partial charge in [0, 0.05) is 63.1 Å². The number of nitrogens with zero attached hydrogens (tertiary/aromatic N) is 5. The number of amides is 2. The number of fused-ring (bicyclic) bond motifs is 1. The molecular weight excluding hydrogens is 474 g/mol. The minimum atomic E-state index is -0.137. The summed E-state index contributed by atoms with van der Waals surface area (Å²) < 4.78 is 0. The molecule has 2 aromatic carbocycles. The van der Waals surface area contributed by atoms with Crippen LogP contribution in [0.4, 0.5) is 5.69 Å². The fourth-order valence-electron chi connectivity index (χ4n) is 4.53. The number of hydrogen-bond donors (Lipinski definition) is 0. The summed E-state index contributed by atoms with van der Waals surface area (Å²) in [5, 5.41) is 0.568. The quantitative estimate of drug-likeness (QED) is 0.497. The van der Waals surface area contributed by atoms with Crippen LogP contribution >= 0.6 is 11.6 Å². The average Bonchev–Trinajstić information content (AvgIpc) is 2.93. The molecule has 8 heteroatoms. The van der Waals surface area contributed by atoms with Gasteiger partial charge in [0.2, 0.25) is 5.91 Å². The zero-order chi connectivity index (χ0) is 25.3. The second-order valence-electron chi connectivity index (χ2n) is 9.04. The summed E-state index contributed by atoms with van der Waals surface area (Å²) in [5.74, 6) is -0.0638. The van der Waals surface area contributed by atoms with Crippen molar-refractivity contribution in [2.45, 2.75) is 39.3 Å². The number of benzene rings is 2. The Kier molecular flexibility index (Phi) is 9.03. The van der Waals surface area contributed by atoms with Crippen LogP contribution in [0.25, 0.3) is 0 Å². The van der Waals surface area contributed by atoms with Gasteiger partial charge in [0.05, 0.1) is 11.3 Å². The van der Waals surface area contributed by atoms with E-state index in [2.05, 4.69) is 27.0 Å². The van der Waals surface area contributed by atoms with Crippen LogP contribution in [0.15, 0.2) is 67.3 Å². The molecule has 2 amide bonds. The van der Waals surface area contributed by atoms with Crippen molar-refractivity contribution >= 4 is 29.1 Å². The fourth-order valence-corrected chi connectivity index (χ4v) is 4.69. The van der Waals surface area contributed by atoms with E-state index in [9.17, 15) is 9.59 Å². The summed E-state index contributed by atoms with van der Waals surface area (Å²) >= 11 is 6.39. The molecule has 0 saturated heterocycles. The molecule has 2 heterocycles. The lowest BCUT2D eigenvalue weighted by Crippen LogP contribution is -2.38. The van der Waals surface area contributed by atoms with Gasteiger partial charge in [-0.1, -0.05) is 54.9 Å². The van der Waals surface area contributed by atoms with Gasteiger partial charge in [-0.2, -0.15) is 0 Å². The molecule has 188 valence electrons. The lowest BCUT2D eigenvalue weighted by molar-refractivity contribution is -0.118. The highest BCUT2D eigenvalue weighted by Gasteiger charge is 2.24. The summed E-state index contributed by atoms with van der Waals surface area (Å²) in [7, 11) is 0. The van der Waals surface area contributed by atoms with Crippen LogP contribution in [0.1, 0.15) is 47.7 Å². The van der Waals surface area contributed by atoms with Crippen molar-refractivity contribution in [3.8, 4) is 0 Å². The molecule has 36 heavy (non-hydrogen) atoms. The highest BCUT2D eigenvalue weighted by molar-refractivity contribution is 6.31. The first-order valence-electron chi connectivity index (χ1n) is 12.4. The van der Waals surface area contributed by atoms with Gasteiger partial charge in [-0.05, 0) is 36.1 Å². The van der Waals surface area contributed by atoms with E-state index in [1.165, 1.54) is 11.9 Å². The molecule has 1 aromatic heterocycles. The van der Waals surface area contributed by atoms with E-state index in [4.69, 9.17) is 11.6 Å². The number of halogens is 1. The van der Waals surface area contributed by atoms with Crippen LogP contribution in [0.3, 0.4) is 0 Å². The number of aromatic nitrogens is 2. The Morgan fingerprint density at radius 3 is 2.50 bits per heavy atom. The zero-order valence-corrected chi connectivity index (χ0v) is 21.4. The van der Waals surface area contributed by atoms with E-state index in [1.807, 2.05) is 53.1 Å². The molecule has 1 aliphatic rings. The first-order valence-corrected chi connectivity index (χ1v) is 12.8. The first-order chi connectivity index (χ1) is 17.5. The highest BCUT2D eigenvalue weighted by Crippen LogP contribution is 2.28. The number of rotatable bonds is 5. The topological polar surface area (TPSA) is 69.6 Å². The zero-order valence-electron chi connectivity index (χ0n) is 20.6. The van der Waals surface area contributed by atoms with Gasteiger partial charge in [0.15, 0.2) is 0 Å². The predicted molar refractivity (Wildman–Crippen MR) is 142 cm³/mol. The normalized spacial score (nSPS) is 15.2. The second-order valence-corrected chi connectivity index (χ2v) is 9.47. The molecule has 0 N–H and O–H groups in total. The highest BCUT2D eigenvalue weighted by atomic mass is 35.5. The number of anilines is 1. The van der Waals surface area contributed by atoms with Crippen LogP contribution < -0.4 is 4.90 Å². The molecule has 1 aliphatic heterocycles. The maximum Gasteiger partial charge on any atom is 0.257 e. The minimum Gasteiger partial charge on any atom is -0.333 e. The summed E-state index contributed by atoms with van der Waals surface area (Å²) in [4.78, 5) is 40.8. The van der Waals surface area contributed by atoms with E-state index in [-0.39, 0.29) is 11.8 Å². The van der Waals surface area contributed by atoms with Crippen molar-refractivity contribution in [3.05, 3.63) is 89.0 Å². The molecule has 0 aliphatic carbocycles. The number of carbonyl (C=O) groups is 2. The standard InChI is InChI=1S/C28H32ClN5O2/c1-2-7-27(35)34-13-6-12-32(19-22-8-4-3-5-9-22)14-15-33(28(36)24-17-30-21-31-18-24)20-23-10-11-25(29)16-26(23)34/h3-5,8-11,16-18,21H,2,6-7,12-15,19-20H2,1H3. The molecular formula is C28H32ClN5O2. The van der Waals surface area contributed by atoms with Gasteiger partial charge >= 0.3 is 0 Å². The first kappa shape index (κ1) is 25.8. The number of hydrogen-bond acceptors (Lipinski definition) is 5. The molecule has 0 spiro atoms. The number of carbonyl (C=O) groups excluding carboxylic acids is 2.